The van der Waals surface area contributed by atoms with E-state index in [1.165, 1.54) is 49.3 Å². The van der Waals surface area contributed by atoms with E-state index < -0.39 is 0 Å². The van der Waals surface area contributed by atoms with Crippen LogP contribution in [-0.4, -0.2) is 31.1 Å². The quantitative estimate of drug-likeness (QED) is 0.539. The second kappa shape index (κ2) is 7.15. The molecule has 0 unspecified atom stereocenters. The fraction of sp³-hybridized carbons (Fsp3) is 0.615. The Balaban J connectivity index is 1.54. The molecule has 0 aromatic carbocycles. The van der Waals surface area contributed by atoms with Gasteiger partial charge in [-0.1, -0.05) is 24.6 Å². The Morgan fingerprint density at radius 1 is 1.25 bits per heavy atom. The molecular weight excluding hydrogens is 218 g/mol. The molecule has 0 atom stereocenters. The standard InChI is InChI=1S/C13H20NOS/c1-3-7-13(8-4-1)16-15-12-11-14-9-5-2-6-10-14/h1,3,7-8H,2,4-6,9-12H2. The van der Waals surface area contributed by atoms with Gasteiger partial charge >= 0.3 is 0 Å². The predicted octanol–water partition coefficient (Wildman–Crippen LogP) is 3.19. The van der Waals surface area contributed by atoms with Crippen LogP contribution in [-0.2, 0) is 4.18 Å². The largest absolute Gasteiger partial charge is 0.309 e. The first-order chi connectivity index (χ1) is 7.95. The van der Waals surface area contributed by atoms with Gasteiger partial charge in [-0.05, 0) is 38.8 Å². The minimum atomic E-state index is 0.833. The molecule has 1 aliphatic heterocycles. The van der Waals surface area contributed by atoms with Crippen LogP contribution >= 0.6 is 12.0 Å². The van der Waals surface area contributed by atoms with Crippen LogP contribution in [0.3, 0.4) is 0 Å². The van der Waals surface area contributed by atoms with Gasteiger partial charge in [0.2, 0.25) is 0 Å². The summed E-state index contributed by atoms with van der Waals surface area (Å²) < 4.78 is 5.62. The molecule has 0 spiro atoms. The first-order valence-electron chi connectivity index (χ1n) is 6.17. The van der Waals surface area contributed by atoms with Crippen molar-refractivity contribution in [2.24, 2.45) is 0 Å². The van der Waals surface area contributed by atoms with Crippen molar-refractivity contribution in [3.63, 3.8) is 0 Å². The lowest BCUT2D eigenvalue weighted by molar-refractivity contribution is 0.195. The number of allylic oxidation sites excluding steroid dienone is 3. The zero-order chi connectivity index (χ0) is 11.1. The fourth-order valence-electron chi connectivity index (χ4n) is 2.01. The monoisotopic (exact) mass is 238 g/mol. The summed E-state index contributed by atoms with van der Waals surface area (Å²) in [5.41, 5.74) is 0. The highest BCUT2D eigenvalue weighted by Gasteiger charge is 2.09. The van der Waals surface area contributed by atoms with Gasteiger partial charge in [0.25, 0.3) is 0 Å². The van der Waals surface area contributed by atoms with Gasteiger partial charge in [-0.2, -0.15) is 0 Å². The van der Waals surface area contributed by atoms with Crippen LogP contribution in [0.2, 0.25) is 0 Å². The van der Waals surface area contributed by atoms with Crippen LogP contribution in [0.15, 0.2) is 23.1 Å². The molecule has 0 N–H and O–H groups in total. The molecule has 1 saturated heterocycles. The van der Waals surface area contributed by atoms with Gasteiger partial charge in [0.15, 0.2) is 0 Å². The Kier molecular flexibility index (Phi) is 5.46. The number of likely N-dealkylation sites (tertiary alicyclic amines) is 1. The minimum Gasteiger partial charge on any atom is -0.309 e. The lowest BCUT2D eigenvalue weighted by atomic mass is 10.1. The van der Waals surface area contributed by atoms with Crippen molar-refractivity contribution in [1.29, 1.82) is 0 Å². The first-order valence-corrected chi connectivity index (χ1v) is 6.91. The summed E-state index contributed by atoms with van der Waals surface area (Å²) >= 11 is 1.51. The van der Waals surface area contributed by atoms with Gasteiger partial charge < -0.3 is 9.08 Å². The van der Waals surface area contributed by atoms with Crippen LogP contribution in [0, 0.1) is 6.42 Å². The van der Waals surface area contributed by atoms with E-state index in [2.05, 4.69) is 29.5 Å². The van der Waals surface area contributed by atoms with E-state index in [1.54, 1.807) is 0 Å². The fourth-order valence-corrected chi connectivity index (χ4v) is 2.61. The van der Waals surface area contributed by atoms with Crippen molar-refractivity contribution in [3.05, 3.63) is 29.6 Å². The maximum atomic E-state index is 5.62. The molecule has 16 heavy (non-hydrogen) atoms. The average molecular weight is 238 g/mol. The van der Waals surface area contributed by atoms with Gasteiger partial charge in [-0.3, -0.25) is 0 Å². The summed E-state index contributed by atoms with van der Waals surface area (Å²) in [6, 6.07) is 0. The van der Waals surface area contributed by atoms with Crippen molar-refractivity contribution in [2.45, 2.75) is 25.7 Å². The molecule has 0 bridgehead atoms. The molecule has 2 aliphatic rings. The van der Waals surface area contributed by atoms with Crippen molar-refractivity contribution >= 4 is 12.0 Å². The first kappa shape index (κ1) is 12.2. The van der Waals surface area contributed by atoms with Gasteiger partial charge in [0, 0.05) is 23.5 Å². The molecule has 2 nitrogen and oxygen atoms in total. The van der Waals surface area contributed by atoms with Gasteiger partial charge in [0.05, 0.1) is 6.61 Å². The highest BCUT2D eigenvalue weighted by molar-refractivity contribution is 7.98. The number of hydrogen-bond donors (Lipinski definition) is 0. The molecule has 1 aliphatic carbocycles. The second-order valence-corrected chi connectivity index (χ2v) is 5.12. The maximum absolute atomic E-state index is 5.62. The van der Waals surface area contributed by atoms with Gasteiger partial charge in [-0.25, -0.2) is 0 Å². The van der Waals surface area contributed by atoms with E-state index >= 15 is 0 Å². The Bertz CT molecular complexity index is 257. The van der Waals surface area contributed by atoms with E-state index in [-0.39, 0.29) is 0 Å². The van der Waals surface area contributed by atoms with Gasteiger partial charge in [-0.15, -0.1) is 0 Å². The summed E-state index contributed by atoms with van der Waals surface area (Å²) in [7, 11) is 0. The van der Waals surface area contributed by atoms with Crippen molar-refractivity contribution in [2.75, 3.05) is 26.2 Å². The van der Waals surface area contributed by atoms with Crippen molar-refractivity contribution in [1.82, 2.24) is 4.90 Å². The Labute approximate surface area is 103 Å². The third kappa shape index (κ3) is 4.32. The van der Waals surface area contributed by atoms with Gasteiger partial charge in [0.1, 0.15) is 0 Å². The number of piperidine rings is 1. The van der Waals surface area contributed by atoms with E-state index in [9.17, 15) is 0 Å². The Hall–Kier alpha value is -0.250. The van der Waals surface area contributed by atoms with Crippen molar-refractivity contribution in [3.8, 4) is 0 Å². The Morgan fingerprint density at radius 3 is 2.88 bits per heavy atom. The average Bonchev–Trinajstić information content (AvgIpc) is 2.37. The number of nitrogens with zero attached hydrogens (tertiary/aromatic N) is 1. The summed E-state index contributed by atoms with van der Waals surface area (Å²) in [5.74, 6) is 0. The lowest BCUT2D eigenvalue weighted by Gasteiger charge is -2.25. The second-order valence-electron chi connectivity index (χ2n) is 4.24. The lowest BCUT2D eigenvalue weighted by Crippen LogP contribution is -2.32. The molecule has 0 saturated carbocycles. The van der Waals surface area contributed by atoms with Crippen LogP contribution in [0.1, 0.15) is 25.7 Å². The van der Waals surface area contributed by atoms with Crippen LogP contribution in [0.25, 0.3) is 0 Å². The Morgan fingerprint density at radius 2 is 2.12 bits per heavy atom. The topological polar surface area (TPSA) is 12.5 Å². The van der Waals surface area contributed by atoms with Crippen LogP contribution in [0.4, 0.5) is 0 Å². The number of rotatable bonds is 5. The van der Waals surface area contributed by atoms with Crippen molar-refractivity contribution < 1.29 is 4.18 Å². The van der Waals surface area contributed by atoms with Crippen LogP contribution in [0.5, 0.6) is 0 Å². The summed E-state index contributed by atoms with van der Waals surface area (Å²) in [6.07, 6.45) is 13.7. The molecule has 0 aromatic heterocycles. The summed E-state index contributed by atoms with van der Waals surface area (Å²) in [5, 5.41) is 0. The molecule has 1 radical (unpaired) electrons. The molecule has 0 aromatic rings. The molecule has 3 heteroatoms. The molecule has 2 rings (SSSR count). The third-order valence-corrected chi connectivity index (χ3v) is 3.73. The highest BCUT2D eigenvalue weighted by atomic mass is 32.2. The van der Waals surface area contributed by atoms with E-state index in [0.29, 0.717) is 0 Å². The predicted molar refractivity (Wildman–Crippen MR) is 70.0 cm³/mol. The zero-order valence-electron chi connectivity index (χ0n) is 9.73. The minimum absolute atomic E-state index is 0.833. The SMILES string of the molecule is [CH]1C=CC(SOCCN2CCCCC2)=CC1. The smallest absolute Gasteiger partial charge is 0.0745 e. The molecular formula is C13H20NOS. The number of hydrogen-bond acceptors (Lipinski definition) is 3. The van der Waals surface area contributed by atoms with E-state index in [4.69, 9.17) is 4.18 Å². The third-order valence-electron chi connectivity index (χ3n) is 2.95. The molecule has 1 fully saturated rings. The van der Waals surface area contributed by atoms with E-state index in [1.807, 2.05) is 0 Å². The highest BCUT2D eigenvalue weighted by Crippen LogP contribution is 2.22. The molecule has 0 amide bonds. The van der Waals surface area contributed by atoms with Crippen LogP contribution < -0.4 is 0 Å². The maximum Gasteiger partial charge on any atom is 0.0745 e. The summed E-state index contributed by atoms with van der Waals surface area (Å²) in [4.78, 5) is 3.74. The zero-order valence-corrected chi connectivity index (χ0v) is 10.5. The summed E-state index contributed by atoms with van der Waals surface area (Å²) in [6.45, 7) is 4.42. The normalized spacial score (nSPS) is 22.1. The molecule has 1 heterocycles. The van der Waals surface area contributed by atoms with E-state index in [0.717, 1.165) is 19.6 Å². The molecule has 89 valence electrons.